The Morgan fingerprint density at radius 1 is 1.19 bits per heavy atom. The van der Waals surface area contributed by atoms with Gasteiger partial charge in [0.15, 0.2) is 0 Å². The summed E-state index contributed by atoms with van der Waals surface area (Å²) in [5.74, 6) is -1.16. The topological polar surface area (TPSA) is 104 Å². The molecule has 12 heteroatoms. The molecule has 0 unspecified atom stereocenters. The lowest BCUT2D eigenvalue weighted by Gasteiger charge is -2.11. The Labute approximate surface area is 155 Å². The van der Waals surface area contributed by atoms with Gasteiger partial charge >= 0.3 is 12.1 Å². The number of halogens is 4. The molecule has 2 rings (SSSR count). The van der Waals surface area contributed by atoms with Gasteiger partial charge in [0.25, 0.3) is 5.69 Å². The predicted octanol–water partition coefficient (Wildman–Crippen LogP) is 3.89. The summed E-state index contributed by atoms with van der Waals surface area (Å²) in [5.41, 5.74) is -2.48. The standard InChI is InChI=1S/C15H9ClF3NO6S/c1-26-14(21)10-7-9(3-4-12(10)20(22)23)27(24,25)13-5-2-8(6-11(13)16)15(17,18)19/h2-7H,1H3. The molecule has 0 aromatic heterocycles. The Balaban J connectivity index is 2.64. The summed E-state index contributed by atoms with van der Waals surface area (Å²) in [5, 5.41) is 10.3. The van der Waals surface area contributed by atoms with E-state index < -0.39 is 58.5 Å². The third-order valence-corrected chi connectivity index (χ3v) is 5.66. The first-order valence-corrected chi connectivity index (χ1v) is 8.74. The van der Waals surface area contributed by atoms with Gasteiger partial charge in [0.05, 0.1) is 32.4 Å². The van der Waals surface area contributed by atoms with E-state index in [1.165, 1.54) is 0 Å². The van der Waals surface area contributed by atoms with Crippen LogP contribution in [-0.2, 0) is 20.8 Å². The Morgan fingerprint density at radius 2 is 1.81 bits per heavy atom. The van der Waals surface area contributed by atoms with Gasteiger partial charge < -0.3 is 4.74 Å². The van der Waals surface area contributed by atoms with E-state index in [4.69, 9.17) is 11.6 Å². The van der Waals surface area contributed by atoms with Gasteiger partial charge in [-0.2, -0.15) is 13.2 Å². The fourth-order valence-electron chi connectivity index (χ4n) is 2.14. The first-order valence-electron chi connectivity index (χ1n) is 6.88. The average molecular weight is 424 g/mol. The minimum atomic E-state index is -4.72. The maximum absolute atomic E-state index is 12.7. The second-order valence-electron chi connectivity index (χ2n) is 5.07. The van der Waals surface area contributed by atoms with Crippen molar-refractivity contribution in [2.24, 2.45) is 0 Å². The van der Waals surface area contributed by atoms with Gasteiger partial charge in [-0.05, 0) is 30.3 Å². The molecule has 7 nitrogen and oxygen atoms in total. The van der Waals surface area contributed by atoms with Crippen molar-refractivity contribution in [3.05, 3.63) is 62.7 Å². The van der Waals surface area contributed by atoms with Crippen molar-refractivity contribution in [3.8, 4) is 0 Å². The van der Waals surface area contributed by atoms with Crippen LogP contribution in [0.1, 0.15) is 15.9 Å². The number of hydrogen-bond acceptors (Lipinski definition) is 6. The second kappa shape index (κ2) is 7.16. The molecule has 2 aromatic rings. The van der Waals surface area contributed by atoms with Crippen molar-refractivity contribution in [2.45, 2.75) is 16.0 Å². The molecule has 0 amide bonds. The number of rotatable bonds is 4. The van der Waals surface area contributed by atoms with Gasteiger partial charge in [-0.15, -0.1) is 0 Å². The van der Waals surface area contributed by atoms with Crippen LogP contribution in [0, 0.1) is 10.1 Å². The van der Waals surface area contributed by atoms with Gasteiger partial charge in [0.1, 0.15) is 5.56 Å². The molecular formula is C15H9ClF3NO6S. The largest absolute Gasteiger partial charge is 0.465 e. The molecule has 0 atom stereocenters. The normalized spacial score (nSPS) is 11.9. The van der Waals surface area contributed by atoms with Gasteiger partial charge in [0.2, 0.25) is 9.84 Å². The summed E-state index contributed by atoms with van der Waals surface area (Å²) in [6.45, 7) is 0. The zero-order valence-corrected chi connectivity index (χ0v) is 14.9. The van der Waals surface area contributed by atoms with Gasteiger partial charge in [0, 0.05) is 6.07 Å². The number of hydrogen-bond donors (Lipinski definition) is 0. The molecule has 0 aliphatic carbocycles. The molecule has 144 valence electrons. The second-order valence-corrected chi connectivity index (χ2v) is 7.40. The molecule has 0 fully saturated rings. The minimum Gasteiger partial charge on any atom is -0.465 e. The maximum atomic E-state index is 12.7. The first-order chi connectivity index (χ1) is 12.4. The van der Waals surface area contributed by atoms with E-state index in [1.807, 2.05) is 0 Å². The van der Waals surface area contributed by atoms with E-state index in [0.29, 0.717) is 24.3 Å². The Morgan fingerprint density at radius 3 is 2.30 bits per heavy atom. The average Bonchev–Trinajstić information content (AvgIpc) is 2.59. The lowest BCUT2D eigenvalue weighted by molar-refractivity contribution is -0.385. The third kappa shape index (κ3) is 4.03. The van der Waals surface area contributed by atoms with Crippen LogP contribution in [0.4, 0.5) is 18.9 Å². The van der Waals surface area contributed by atoms with Crippen LogP contribution < -0.4 is 0 Å². The van der Waals surface area contributed by atoms with Gasteiger partial charge in [-0.1, -0.05) is 11.6 Å². The number of sulfone groups is 1. The SMILES string of the molecule is COC(=O)c1cc(S(=O)(=O)c2ccc(C(F)(F)F)cc2Cl)ccc1[N+](=O)[O-]. The molecular weight excluding hydrogens is 415 g/mol. The molecule has 0 spiro atoms. The van der Waals surface area contributed by atoms with Crippen LogP contribution in [0.5, 0.6) is 0 Å². The summed E-state index contributed by atoms with van der Waals surface area (Å²) in [4.78, 5) is 20.5. The van der Waals surface area contributed by atoms with E-state index in [2.05, 4.69) is 4.74 Å². The van der Waals surface area contributed by atoms with E-state index >= 15 is 0 Å². The highest BCUT2D eigenvalue weighted by Gasteiger charge is 2.33. The molecule has 2 aromatic carbocycles. The summed E-state index contributed by atoms with van der Waals surface area (Å²) in [6.07, 6.45) is -4.72. The monoisotopic (exact) mass is 423 g/mol. The highest BCUT2D eigenvalue weighted by atomic mass is 35.5. The number of nitrogens with zero attached hydrogens (tertiary/aromatic N) is 1. The Kier molecular flexibility index (Phi) is 5.47. The highest BCUT2D eigenvalue weighted by molar-refractivity contribution is 7.91. The summed E-state index contributed by atoms with van der Waals surface area (Å²) in [7, 11) is -3.52. The number of nitro groups is 1. The minimum absolute atomic E-state index is 0.445. The predicted molar refractivity (Wildman–Crippen MR) is 86.3 cm³/mol. The zero-order valence-electron chi connectivity index (χ0n) is 13.3. The highest BCUT2D eigenvalue weighted by Crippen LogP contribution is 2.36. The van der Waals surface area contributed by atoms with Crippen molar-refractivity contribution in [3.63, 3.8) is 0 Å². The number of carbonyl (C=O) groups excluding carboxylic acids is 1. The number of esters is 1. The van der Waals surface area contributed by atoms with Crippen LogP contribution in [-0.4, -0.2) is 26.4 Å². The lowest BCUT2D eigenvalue weighted by atomic mass is 10.2. The molecule has 0 heterocycles. The van der Waals surface area contributed by atoms with Crippen LogP contribution in [0.25, 0.3) is 0 Å². The number of nitro benzene ring substituents is 1. The van der Waals surface area contributed by atoms with E-state index in [9.17, 15) is 36.5 Å². The van der Waals surface area contributed by atoms with Crippen LogP contribution in [0.3, 0.4) is 0 Å². The van der Waals surface area contributed by atoms with Crippen LogP contribution in [0.2, 0.25) is 5.02 Å². The summed E-state index contributed by atoms with van der Waals surface area (Å²) in [6, 6.07) is 3.96. The number of alkyl halides is 3. The summed E-state index contributed by atoms with van der Waals surface area (Å²) < 4.78 is 67.8. The smallest absolute Gasteiger partial charge is 0.416 e. The molecule has 0 radical (unpaired) electrons. The Hall–Kier alpha value is -2.66. The van der Waals surface area contributed by atoms with Crippen molar-refractivity contribution < 1.29 is 36.0 Å². The van der Waals surface area contributed by atoms with E-state index in [0.717, 1.165) is 19.2 Å². The number of carbonyl (C=O) groups is 1. The van der Waals surface area contributed by atoms with Crippen LogP contribution in [0.15, 0.2) is 46.2 Å². The fraction of sp³-hybridized carbons (Fsp3) is 0.133. The third-order valence-electron chi connectivity index (χ3n) is 3.43. The fourth-order valence-corrected chi connectivity index (χ4v) is 3.96. The first kappa shape index (κ1) is 20.6. The van der Waals surface area contributed by atoms with E-state index in [-0.39, 0.29) is 0 Å². The molecule has 27 heavy (non-hydrogen) atoms. The molecule has 0 aliphatic rings. The van der Waals surface area contributed by atoms with Crippen molar-refractivity contribution >= 4 is 33.1 Å². The van der Waals surface area contributed by atoms with Gasteiger partial charge in [-0.3, -0.25) is 10.1 Å². The number of ether oxygens (including phenoxy) is 1. The maximum Gasteiger partial charge on any atom is 0.416 e. The van der Waals surface area contributed by atoms with Crippen molar-refractivity contribution in [1.82, 2.24) is 0 Å². The van der Waals surface area contributed by atoms with E-state index in [1.54, 1.807) is 0 Å². The lowest BCUT2D eigenvalue weighted by Crippen LogP contribution is -2.10. The number of methoxy groups -OCH3 is 1. The number of benzene rings is 2. The van der Waals surface area contributed by atoms with Crippen LogP contribution >= 0.6 is 11.6 Å². The Bertz CT molecular complexity index is 1040. The van der Waals surface area contributed by atoms with Gasteiger partial charge in [-0.25, -0.2) is 13.2 Å². The zero-order chi connectivity index (χ0) is 20.6. The molecule has 0 N–H and O–H groups in total. The summed E-state index contributed by atoms with van der Waals surface area (Å²) >= 11 is 5.70. The molecule has 0 bridgehead atoms. The van der Waals surface area contributed by atoms with Crippen molar-refractivity contribution in [2.75, 3.05) is 7.11 Å². The quantitative estimate of drug-likeness (QED) is 0.420. The molecule has 0 aliphatic heterocycles. The molecule has 0 saturated heterocycles. The van der Waals surface area contributed by atoms with Crippen molar-refractivity contribution in [1.29, 1.82) is 0 Å². The molecule has 0 saturated carbocycles.